The van der Waals surface area contributed by atoms with Gasteiger partial charge in [0, 0.05) is 11.5 Å². The molecule has 72 valence electrons. The summed E-state index contributed by atoms with van der Waals surface area (Å²) in [7, 11) is 0. The van der Waals surface area contributed by atoms with Crippen molar-refractivity contribution in [2.75, 3.05) is 39.5 Å². The number of nitrogens with two attached hydrogens (primary N) is 1. The molecule has 0 unspecified atom stereocenters. The van der Waals surface area contributed by atoms with E-state index in [1.54, 1.807) is 0 Å². The highest BCUT2D eigenvalue weighted by Gasteiger charge is 1.95. The van der Waals surface area contributed by atoms with Crippen molar-refractivity contribution in [2.45, 2.75) is 0 Å². The Balaban J connectivity index is 2.86. The topological polar surface area (TPSA) is 87.6 Å². The van der Waals surface area contributed by atoms with Gasteiger partial charge in [-0.15, -0.1) is 0 Å². The van der Waals surface area contributed by atoms with Crippen LogP contribution < -0.4 is 5.73 Å². The molecule has 6 nitrogen and oxygen atoms in total. The lowest BCUT2D eigenvalue weighted by Gasteiger charge is -2.01. The Hall–Kier alpha value is -0.720. The summed E-state index contributed by atoms with van der Waals surface area (Å²) in [5.41, 5.74) is 5.15. The first-order chi connectivity index (χ1) is 5.77. The molecule has 0 aliphatic rings. The Morgan fingerprint density at radius 1 is 1.17 bits per heavy atom. The predicted octanol–water partition coefficient (Wildman–Crippen LogP) is -0.745. The fourth-order valence-corrected chi connectivity index (χ4v) is 0.544. The average molecular weight is 178 g/mol. The Morgan fingerprint density at radius 2 is 1.75 bits per heavy atom. The minimum atomic E-state index is -0.416. The summed E-state index contributed by atoms with van der Waals surface area (Å²) in [6.45, 7) is 1.78. The van der Waals surface area contributed by atoms with Gasteiger partial charge < -0.3 is 15.2 Å². The highest BCUT2D eigenvalue weighted by molar-refractivity contribution is 4.33. The third-order valence-electron chi connectivity index (χ3n) is 1.05. The van der Waals surface area contributed by atoms with Crippen molar-refractivity contribution in [3.05, 3.63) is 10.1 Å². The zero-order valence-corrected chi connectivity index (χ0v) is 6.90. The second-order valence-corrected chi connectivity index (χ2v) is 2.07. The van der Waals surface area contributed by atoms with Crippen LogP contribution in [0.3, 0.4) is 0 Å². The molecule has 0 aliphatic carbocycles. The fourth-order valence-electron chi connectivity index (χ4n) is 0.544. The zero-order chi connectivity index (χ0) is 9.23. The number of hydrogen-bond donors (Lipinski definition) is 1. The van der Waals surface area contributed by atoms with E-state index in [2.05, 4.69) is 0 Å². The largest absolute Gasteiger partial charge is 0.378 e. The van der Waals surface area contributed by atoms with Crippen LogP contribution >= 0.6 is 0 Å². The van der Waals surface area contributed by atoms with Gasteiger partial charge in [-0.1, -0.05) is 0 Å². The summed E-state index contributed by atoms with van der Waals surface area (Å²) in [6.07, 6.45) is 0. The summed E-state index contributed by atoms with van der Waals surface area (Å²) in [5.74, 6) is 0. The molecule has 0 aliphatic heterocycles. The molecule has 0 heterocycles. The van der Waals surface area contributed by atoms with Gasteiger partial charge in [-0.2, -0.15) is 0 Å². The first kappa shape index (κ1) is 11.3. The molecule has 0 atom stereocenters. The van der Waals surface area contributed by atoms with Gasteiger partial charge in [0.25, 0.3) is 0 Å². The van der Waals surface area contributed by atoms with E-state index in [-0.39, 0.29) is 13.2 Å². The van der Waals surface area contributed by atoms with Crippen molar-refractivity contribution in [3.63, 3.8) is 0 Å². The van der Waals surface area contributed by atoms with Crippen molar-refractivity contribution in [3.8, 4) is 0 Å². The molecule has 0 aromatic carbocycles. The Kier molecular flexibility index (Phi) is 7.87. The van der Waals surface area contributed by atoms with E-state index >= 15 is 0 Å². The van der Waals surface area contributed by atoms with Crippen LogP contribution in [-0.2, 0) is 9.47 Å². The van der Waals surface area contributed by atoms with E-state index in [0.717, 1.165) is 0 Å². The van der Waals surface area contributed by atoms with Gasteiger partial charge in [-0.3, -0.25) is 10.1 Å². The van der Waals surface area contributed by atoms with Gasteiger partial charge in [0.05, 0.1) is 19.8 Å². The minimum absolute atomic E-state index is 0.138. The van der Waals surface area contributed by atoms with Crippen LogP contribution in [0.15, 0.2) is 0 Å². The Labute approximate surface area is 70.8 Å². The van der Waals surface area contributed by atoms with Crippen LogP contribution in [0.25, 0.3) is 0 Å². The quantitative estimate of drug-likeness (QED) is 0.300. The predicted molar refractivity (Wildman–Crippen MR) is 42.6 cm³/mol. The molecule has 0 saturated heterocycles. The van der Waals surface area contributed by atoms with Crippen molar-refractivity contribution in [1.29, 1.82) is 0 Å². The molecule has 0 aromatic heterocycles. The highest BCUT2D eigenvalue weighted by Crippen LogP contribution is 1.78. The monoisotopic (exact) mass is 178 g/mol. The summed E-state index contributed by atoms with van der Waals surface area (Å²) in [6, 6.07) is 0. The Morgan fingerprint density at radius 3 is 2.25 bits per heavy atom. The minimum Gasteiger partial charge on any atom is -0.378 e. The second-order valence-electron chi connectivity index (χ2n) is 2.07. The molecule has 2 N–H and O–H groups in total. The maximum absolute atomic E-state index is 9.81. The zero-order valence-electron chi connectivity index (χ0n) is 6.90. The van der Waals surface area contributed by atoms with Gasteiger partial charge in [-0.05, 0) is 0 Å². The molecule has 0 saturated carbocycles. The molecule has 0 fully saturated rings. The number of ether oxygens (including phenoxy) is 2. The highest BCUT2D eigenvalue weighted by atomic mass is 16.6. The smallest absolute Gasteiger partial charge is 0.226 e. The molecule has 0 radical (unpaired) electrons. The van der Waals surface area contributed by atoms with Crippen molar-refractivity contribution >= 4 is 0 Å². The van der Waals surface area contributed by atoms with E-state index in [4.69, 9.17) is 15.2 Å². The van der Waals surface area contributed by atoms with E-state index < -0.39 is 4.92 Å². The second kappa shape index (κ2) is 8.38. The fraction of sp³-hybridized carbons (Fsp3) is 1.00. The molecule has 0 spiro atoms. The van der Waals surface area contributed by atoms with Crippen molar-refractivity contribution in [1.82, 2.24) is 0 Å². The lowest BCUT2D eigenvalue weighted by molar-refractivity contribution is -0.483. The third-order valence-corrected chi connectivity index (χ3v) is 1.05. The molecule has 0 rings (SSSR count). The van der Waals surface area contributed by atoms with Crippen LogP contribution in [0.2, 0.25) is 0 Å². The maximum Gasteiger partial charge on any atom is 0.226 e. The van der Waals surface area contributed by atoms with Crippen LogP contribution in [-0.4, -0.2) is 44.4 Å². The molecular weight excluding hydrogens is 164 g/mol. The van der Waals surface area contributed by atoms with Crippen LogP contribution in [0, 0.1) is 10.1 Å². The standard InChI is InChI=1S/C6H14N2O4/c7-1-3-11-5-6-12-4-2-8(9)10/h1-7H2. The Bertz CT molecular complexity index is 120. The van der Waals surface area contributed by atoms with Gasteiger partial charge in [0.1, 0.15) is 6.61 Å². The SMILES string of the molecule is NCCOCCOCC[N+](=O)[O-]. The van der Waals surface area contributed by atoms with Gasteiger partial charge in [-0.25, -0.2) is 0 Å². The molecule has 6 heteroatoms. The number of hydrogen-bond acceptors (Lipinski definition) is 5. The summed E-state index contributed by atoms with van der Waals surface area (Å²) < 4.78 is 9.85. The third kappa shape index (κ3) is 9.28. The van der Waals surface area contributed by atoms with E-state index in [9.17, 15) is 10.1 Å². The maximum atomic E-state index is 9.81. The average Bonchev–Trinajstić information content (AvgIpc) is 2.02. The lowest BCUT2D eigenvalue weighted by atomic mass is 10.7. The van der Waals surface area contributed by atoms with Crippen molar-refractivity contribution < 1.29 is 14.4 Å². The molecule has 0 aromatic rings. The first-order valence-corrected chi connectivity index (χ1v) is 3.74. The summed E-state index contributed by atoms with van der Waals surface area (Å²) >= 11 is 0. The molecule has 0 bridgehead atoms. The van der Waals surface area contributed by atoms with Crippen LogP contribution in [0.5, 0.6) is 0 Å². The van der Waals surface area contributed by atoms with E-state index in [1.165, 1.54) is 0 Å². The van der Waals surface area contributed by atoms with Gasteiger partial charge in [0.2, 0.25) is 6.54 Å². The molecule has 0 amide bonds. The van der Waals surface area contributed by atoms with Crippen LogP contribution in [0.4, 0.5) is 0 Å². The number of nitro groups is 1. The molecular formula is C6H14N2O4. The number of nitrogens with zero attached hydrogens (tertiary/aromatic N) is 1. The van der Waals surface area contributed by atoms with E-state index in [1.807, 2.05) is 0 Å². The summed E-state index contributed by atoms with van der Waals surface area (Å²) in [4.78, 5) is 9.40. The lowest BCUT2D eigenvalue weighted by Crippen LogP contribution is -2.14. The van der Waals surface area contributed by atoms with Crippen molar-refractivity contribution in [2.24, 2.45) is 5.73 Å². The van der Waals surface area contributed by atoms with Gasteiger partial charge in [0.15, 0.2) is 0 Å². The normalized spacial score (nSPS) is 10.1. The molecule has 12 heavy (non-hydrogen) atoms. The van der Waals surface area contributed by atoms with Crippen LogP contribution in [0.1, 0.15) is 0 Å². The summed E-state index contributed by atoms with van der Waals surface area (Å²) in [5, 5.41) is 9.81. The number of rotatable bonds is 8. The van der Waals surface area contributed by atoms with Gasteiger partial charge >= 0.3 is 0 Å². The van der Waals surface area contributed by atoms with E-state index in [0.29, 0.717) is 26.4 Å². The first-order valence-electron chi connectivity index (χ1n) is 3.74.